The Labute approximate surface area is 126 Å². The molecule has 1 saturated heterocycles. The van der Waals surface area contributed by atoms with Crippen molar-refractivity contribution in [3.63, 3.8) is 0 Å². The molecule has 0 saturated carbocycles. The molecule has 1 heterocycles. The van der Waals surface area contributed by atoms with Crippen molar-refractivity contribution >= 4 is 12.0 Å². The van der Waals surface area contributed by atoms with E-state index in [1.807, 2.05) is 20.8 Å². The Morgan fingerprint density at radius 1 is 1.29 bits per heavy atom. The Morgan fingerprint density at radius 3 is 2.19 bits per heavy atom. The Morgan fingerprint density at radius 2 is 1.81 bits per heavy atom. The average Bonchev–Trinajstić information content (AvgIpc) is 2.43. The van der Waals surface area contributed by atoms with Crippen molar-refractivity contribution in [3.05, 3.63) is 12.7 Å². The molecule has 6 heteroatoms. The highest BCUT2D eigenvalue weighted by molar-refractivity contribution is 5.84. The van der Waals surface area contributed by atoms with Crippen molar-refractivity contribution < 1.29 is 19.2 Å². The zero-order valence-electron chi connectivity index (χ0n) is 13.6. The van der Waals surface area contributed by atoms with E-state index < -0.39 is 11.0 Å². The molecule has 0 aromatic heterocycles. The third-order valence-electron chi connectivity index (χ3n) is 3.68. The van der Waals surface area contributed by atoms with E-state index in [1.54, 1.807) is 18.0 Å². The standard InChI is InChI=1S/C15H26N2O4/c1-7-15(12(18)16(5)20-6)8-10-17(11-9-15)13(19)21-14(2,3)4/h7H,1,8-11H2,2-6H3. The first-order valence-electron chi connectivity index (χ1n) is 7.09. The first-order chi connectivity index (χ1) is 9.65. The van der Waals surface area contributed by atoms with Gasteiger partial charge in [0.1, 0.15) is 5.60 Å². The maximum atomic E-state index is 12.4. The fourth-order valence-corrected chi connectivity index (χ4v) is 2.32. The molecule has 1 aliphatic rings. The molecular weight excluding hydrogens is 272 g/mol. The molecule has 0 atom stereocenters. The molecule has 1 fully saturated rings. The number of likely N-dealkylation sites (tertiary alicyclic amines) is 1. The summed E-state index contributed by atoms with van der Waals surface area (Å²) in [7, 11) is 3.03. The zero-order valence-corrected chi connectivity index (χ0v) is 13.6. The van der Waals surface area contributed by atoms with Gasteiger partial charge in [-0.05, 0) is 33.6 Å². The van der Waals surface area contributed by atoms with Crippen LogP contribution in [0.4, 0.5) is 4.79 Å². The van der Waals surface area contributed by atoms with Gasteiger partial charge in [-0.25, -0.2) is 9.86 Å². The molecule has 0 aromatic rings. The largest absolute Gasteiger partial charge is 0.444 e. The van der Waals surface area contributed by atoms with Crippen LogP contribution in [0.1, 0.15) is 33.6 Å². The van der Waals surface area contributed by atoms with Gasteiger partial charge in [0, 0.05) is 20.1 Å². The maximum absolute atomic E-state index is 12.4. The van der Waals surface area contributed by atoms with Crippen LogP contribution in [-0.4, -0.2) is 54.8 Å². The first-order valence-corrected chi connectivity index (χ1v) is 7.09. The van der Waals surface area contributed by atoms with Gasteiger partial charge in [0.15, 0.2) is 0 Å². The second kappa shape index (κ2) is 6.47. The van der Waals surface area contributed by atoms with Gasteiger partial charge in [-0.3, -0.25) is 9.63 Å². The predicted molar refractivity (Wildman–Crippen MR) is 79.5 cm³/mol. The van der Waals surface area contributed by atoms with Crippen LogP contribution in [0.2, 0.25) is 0 Å². The molecule has 0 aromatic carbocycles. The van der Waals surface area contributed by atoms with E-state index in [-0.39, 0.29) is 12.0 Å². The minimum absolute atomic E-state index is 0.135. The van der Waals surface area contributed by atoms with Crippen LogP contribution in [0, 0.1) is 5.41 Å². The normalized spacial score (nSPS) is 18.0. The van der Waals surface area contributed by atoms with E-state index in [0.717, 1.165) is 0 Å². The summed E-state index contributed by atoms with van der Waals surface area (Å²) in [5.74, 6) is -0.135. The lowest BCUT2D eigenvalue weighted by molar-refractivity contribution is -0.179. The third-order valence-corrected chi connectivity index (χ3v) is 3.68. The predicted octanol–water partition coefficient (Wildman–Crippen LogP) is 2.21. The summed E-state index contributed by atoms with van der Waals surface area (Å²) in [4.78, 5) is 31.0. The van der Waals surface area contributed by atoms with E-state index in [4.69, 9.17) is 9.57 Å². The molecule has 0 bridgehead atoms. The van der Waals surface area contributed by atoms with Crippen LogP contribution < -0.4 is 0 Å². The van der Waals surface area contributed by atoms with Gasteiger partial charge < -0.3 is 9.64 Å². The molecule has 1 aliphatic heterocycles. The number of carbonyl (C=O) groups excluding carboxylic acids is 2. The first kappa shape index (κ1) is 17.5. The minimum Gasteiger partial charge on any atom is -0.444 e. The lowest BCUT2D eigenvalue weighted by atomic mass is 9.77. The van der Waals surface area contributed by atoms with Crippen molar-refractivity contribution in [2.75, 3.05) is 27.2 Å². The Bertz CT molecular complexity index is 406. The van der Waals surface area contributed by atoms with Gasteiger partial charge in [-0.2, -0.15) is 0 Å². The molecule has 2 amide bonds. The van der Waals surface area contributed by atoms with E-state index in [0.29, 0.717) is 25.9 Å². The Balaban J connectivity index is 2.70. The number of ether oxygens (including phenoxy) is 1. The highest BCUT2D eigenvalue weighted by Crippen LogP contribution is 2.35. The molecule has 6 nitrogen and oxygen atoms in total. The number of hydrogen-bond donors (Lipinski definition) is 0. The third kappa shape index (κ3) is 4.20. The van der Waals surface area contributed by atoms with Crippen LogP contribution in [0.25, 0.3) is 0 Å². The minimum atomic E-state index is -0.677. The maximum Gasteiger partial charge on any atom is 0.410 e. The summed E-state index contributed by atoms with van der Waals surface area (Å²) >= 11 is 0. The quantitative estimate of drug-likeness (QED) is 0.592. The van der Waals surface area contributed by atoms with Crippen LogP contribution in [0.15, 0.2) is 12.7 Å². The molecule has 0 spiro atoms. The van der Waals surface area contributed by atoms with Crippen molar-refractivity contribution in [1.29, 1.82) is 0 Å². The number of hydroxylamine groups is 2. The molecule has 0 unspecified atom stereocenters. The van der Waals surface area contributed by atoms with Crippen molar-refractivity contribution in [1.82, 2.24) is 9.96 Å². The monoisotopic (exact) mass is 298 g/mol. The summed E-state index contributed by atoms with van der Waals surface area (Å²) in [6.45, 7) is 10.2. The second-order valence-electron chi connectivity index (χ2n) is 6.31. The van der Waals surface area contributed by atoms with E-state index in [1.165, 1.54) is 12.2 Å². The summed E-state index contributed by atoms with van der Waals surface area (Å²) in [5.41, 5.74) is -1.20. The van der Waals surface area contributed by atoms with Crippen molar-refractivity contribution in [3.8, 4) is 0 Å². The molecule has 21 heavy (non-hydrogen) atoms. The highest BCUT2D eigenvalue weighted by Gasteiger charge is 2.42. The number of nitrogens with zero attached hydrogens (tertiary/aromatic N) is 2. The Hall–Kier alpha value is -1.56. The van der Waals surface area contributed by atoms with Gasteiger partial charge in [0.25, 0.3) is 5.91 Å². The van der Waals surface area contributed by atoms with Gasteiger partial charge in [0.05, 0.1) is 12.5 Å². The molecule has 120 valence electrons. The number of rotatable bonds is 3. The fraction of sp³-hybridized carbons (Fsp3) is 0.733. The summed E-state index contributed by atoms with van der Waals surface area (Å²) < 4.78 is 5.35. The molecule has 1 rings (SSSR count). The van der Waals surface area contributed by atoms with Crippen molar-refractivity contribution in [2.24, 2.45) is 5.41 Å². The zero-order chi connectivity index (χ0) is 16.3. The van der Waals surface area contributed by atoms with Crippen LogP contribution in [0.3, 0.4) is 0 Å². The number of piperidine rings is 1. The van der Waals surface area contributed by atoms with E-state index >= 15 is 0 Å². The molecular formula is C15H26N2O4. The van der Waals surface area contributed by atoms with Gasteiger partial charge in [-0.1, -0.05) is 6.08 Å². The van der Waals surface area contributed by atoms with E-state index in [9.17, 15) is 9.59 Å². The van der Waals surface area contributed by atoms with Crippen LogP contribution >= 0.6 is 0 Å². The summed E-state index contributed by atoms with van der Waals surface area (Å²) in [6.07, 6.45) is 2.36. The number of amides is 2. The summed E-state index contributed by atoms with van der Waals surface area (Å²) in [6, 6.07) is 0. The Kier molecular flexibility index (Phi) is 5.39. The number of hydrogen-bond acceptors (Lipinski definition) is 4. The smallest absolute Gasteiger partial charge is 0.410 e. The van der Waals surface area contributed by atoms with Gasteiger partial charge in [0.2, 0.25) is 0 Å². The summed E-state index contributed by atoms with van der Waals surface area (Å²) in [5, 5.41) is 1.21. The highest BCUT2D eigenvalue weighted by atomic mass is 16.7. The molecule has 0 aliphatic carbocycles. The second-order valence-corrected chi connectivity index (χ2v) is 6.31. The number of carbonyl (C=O) groups is 2. The molecule has 0 N–H and O–H groups in total. The van der Waals surface area contributed by atoms with Crippen molar-refractivity contribution in [2.45, 2.75) is 39.2 Å². The lowest BCUT2D eigenvalue weighted by Gasteiger charge is -2.40. The lowest BCUT2D eigenvalue weighted by Crippen LogP contribution is -2.50. The van der Waals surface area contributed by atoms with E-state index in [2.05, 4.69) is 6.58 Å². The molecule has 0 radical (unpaired) electrons. The fourth-order valence-electron chi connectivity index (χ4n) is 2.32. The topological polar surface area (TPSA) is 59.1 Å². The van der Waals surface area contributed by atoms with Gasteiger partial charge in [-0.15, -0.1) is 6.58 Å². The van der Waals surface area contributed by atoms with Crippen LogP contribution in [0.5, 0.6) is 0 Å². The average molecular weight is 298 g/mol. The SMILES string of the molecule is C=CC1(C(=O)N(C)OC)CCN(C(=O)OC(C)(C)C)CC1. The van der Waals surface area contributed by atoms with Crippen LogP contribution in [-0.2, 0) is 14.4 Å². The van der Waals surface area contributed by atoms with Gasteiger partial charge >= 0.3 is 6.09 Å².